The maximum absolute atomic E-state index is 5.22. The minimum absolute atomic E-state index is 0.315. The lowest BCUT2D eigenvalue weighted by Crippen LogP contribution is -2.18. The number of terminal acetylenes is 1. The monoisotopic (exact) mass is 174 g/mol. The zero-order valence-electron chi connectivity index (χ0n) is 8.85. The molecule has 0 aromatic heterocycles. The Morgan fingerprint density at radius 3 is 2.69 bits per heavy atom. The quantitative estimate of drug-likeness (QED) is 0.532. The minimum Gasteiger partial charge on any atom is -0.115 e. The van der Waals surface area contributed by atoms with E-state index in [1.54, 1.807) is 0 Å². The summed E-state index contributed by atoms with van der Waals surface area (Å²) in [6.07, 6.45) is 13.0. The zero-order chi connectivity index (χ0) is 9.90. The maximum Gasteiger partial charge on any atom is -0.0104 e. The molecule has 13 heavy (non-hydrogen) atoms. The summed E-state index contributed by atoms with van der Waals surface area (Å²) >= 11 is 0. The Kier molecular flexibility index (Phi) is 2.98. The molecule has 0 aliphatic heterocycles. The van der Waals surface area contributed by atoms with Crippen molar-refractivity contribution in [3.63, 3.8) is 0 Å². The van der Waals surface area contributed by atoms with Gasteiger partial charge in [0.1, 0.15) is 0 Å². The Morgan fingerprint density at radius 2 is 2.15 bits per heavy atom. The highest BCUT2D eigenvalue weighted by atomic mass is 14.3. The van der Waals surface area contributed by atoms with Gasteiger partial charge >= 0.3 is 0 Å². The molecule has 0 aromatic rings. The third-order valence-corrected chi connectivity index (χ3v) is 2.89. The number of hydrogen-bond donors (Lipinski definition) is 0. The maximum atomic E-state index is 5.22. The SMILES string of the molecule is C#C/C=C/C1=C(C)CCCC1(C)C. The molecular weight excluding hydrogens is 156 g/mol. The summed E-state index contributed by atoms with van der Waals surface area (Å²) in [6, 6.07) is 0. The van der Waals surface area contributed by atoms with E-state index in [-0.39, 0.29) is 0 Å². The molecule has 1 rings (SSSR count). The first-order chi connectivity index (χ1) is 6.08. The van der Waals surface area contributed by atoms with Crippen molar-refractivity contribution < 1.29 is 0 Å². The van der Waals surface area contributed by atoms with E-state index in [1.807, 2.05) is 6.08 Å². The molecule has 0 fully saturated rings. The van der Waals surface area contributed by atoms with Crippen LogP contribution in [0.4, 0.5) is 0 Å². The normalized spacial score (nSPS) is 22.0. The molecule has 0 saturated carbocycles. The summed E-state index contributed by atoms with van der Waals surface area (Å²) in [7, 11) is 0. The molecule has 0 nitrogen and oxygen atoms in total. The molecular formula is C13H18. The Bertz CT molecular complexity index is 282. The molecule has 0 heterocycles. The van der Waals surface area contributed by atoms with Crippen LogP contribution in [0.3, 0.4) is 0 Å². The average Bonchev–Trinajstić information content (AvgIpc) is 2.02. The van der Waals surface area contributed by atoms with E-state index in [1.165, 1.54) is 30.4 Å². The standard InChI is InChI=1S/C13H18/c1-5-6-9-12-11(2)8-7-10-13(12,3)4/h1,6,9H,7-8,10H2,2-4H3/b9-6+. The van der Waals surface area contributed by atoms with Gasteiger partial charge in [-0.25, -0.2) is 0 Å². The summed E-state index contributed by atoms with van der Waals surface area (Å²) in [5.74, 6) is 2.56. The molecule has 0 N–H and O–H groups in total. The third-order valence-electron chi connectivity index (χ3n) is 2.89. The predicted molar refractivity (Wildman–Crippen MR) is 58.3 cm³/mol. The molecule has 1 aliphatic carbocycles. The average molecular weight is 174 g/mol. The van der Waals surface area contributed by atoms with Crippen LogP contribution in [0.1, 0.15) is 40.0 Å². The van der Waals surface area contributed by atoms with E-state index < -0.39 is 0 Å². The fourth-order valence-electron chi connectivity index (χ4n) is 2.14. The van der Waals surface area contributed by atoms with Crippen molar-refractivity contribution in [1.82, 2.24) is 0 Å². The van der Waals surface area contributed by atoms with Crippen molar-refractivity contribution in [3.05, 3.63) is 23.3 Å². The van der Waals surface area contributed by atoms with Crippen LogP contribution in [0.15, 0.2) is 23.3 Å². The van der Waals surface area contributed by atoms with Crippen LogP contribution in [-0.2, 0) is 0 Å². The van der Waals surface area contributed by atoms with Crippen LogP contribution in [0.2, 0.25) is 0 Å². The summed E-state index contributed by atoms with van der Waals surface area (Å²) in [4.78, 5) is 0. The molecule has 0 spiro atoms. The van der Waals surface area contributed by atoms with Crippen LogP contribution >= 0.6 is 0 Å². The highest BCUT2D eigenvalue weighted by molar-refractivity contribution is 5.35. The van der Waals surface area contributed by atoms with Gasteiger partial charge in [0.2, 0.25) is 0 Å². The molecule has 0 aromatic carbocycles. The fraction of sp³-hybridized carbons (Fsp3) is 0.538. The van der Waals surface area contributed by atoms with Gasteiger partial charge in [0, 0.05) is 0 Å². The second kappa shape index (κ2) is 3.83. The molecule has 1 aliphatic rings. The van der Waals surface area contributed by atoms with Crippen LogP contribution in [0.5, 0.6) is 0 Å². The Labute approximate surface area is 81.7 Å². The first-order valence-electron chi connectivity index (χ1n) is 4.91. The van der Waals surface area contributed by atoms with E-state index in [4.69, 9.17) is 6.42 Å². The van der Waals surface area contributed by atoms with Crippen molar-refractivity contribution in [2.45, 2.75) is 40.0 Å². The molecule has 0 radical (unpaired) electrons. The minimum atomic E-state index is 0.315. The van der Waals surface area contributed by atoms with Crippen molar-refractivity contribution in [2.75, 3.05) is 0 Å². The molecule has 0 heteroatoms. The summed E-state index contributed by atoms with van der Waals surface area (Å²) in [6.45, 7) is 6.81. The molecule has 0 saturated heterocycles. The Morgan fingerprint density at radius 1 is 1.46 bits per heavy atom. The van der Waals surface area contributed by atoms with Gasteiger partial charge < -0.3 is 0 Å². The second-order valence-corrected chi connectivity index (χ2v) is 4.43. The summed E-state index contributed by atoms with van der Waals surface area (Å²) < 4.78 is 0. The summed E-state index contributed by atoms with van der Waals surface area (Å²) in [5, 5.41) is 0. The zero-order valence-corrected chi connectivity index (χ0v) is 8.85. The first kappa shape index (κ1) is 10.1. The van der Waals surface area contributed by atoms with Crippen molar-refractivity contribution >= 4 is 0 Å². The van der Waals surface area contributed by atoms with E-state index in [2.05, 4.69) is 32.8 Å². The van der Waals surface area contributed by atoms with Gasteiger partial charge in [0.15, 0.2) is 0 Å². The number of hydrogen-bond acceptors (Lipinski definition) is 0. The highest BCUT2D eigenvalue weighted by Crippen LogP contribution is 2.40. The van der Waals surface area contributed by atoms with Gasteiger partial charge in [-0.05, 0) is 43.3 Å². The Hall–Kier alpha value is -0.960. The van der Waals surface area contributed by atoms with Gasteiger partial charge in [0.05, 0.1) is 0 Å². The van der Waals surface area contributed by atoms with Crippen molar-refractivity contribution in [1.29, 1.82) is 0 Å². The third kappa shape index (κ3) is 2.25. The molecule has 70 valence electrons. The first-order valence-corrected chi connectivity index (χ1v) is 4.91. The molecule has 0 atom stereocenters. The van der Waals surface area contributed by atoms with Crippen molar-refractivity contribution in [2.24, 2.45) is 5.41 Å². The molecule has 0 unspecified atom stereocenters. The molecule has 0 amide bonds. The van der Waals surface area contributed by atoms with Crippen LogP contribution in [0, 0.1) is 17.8 Å². The van der Waals surface area contributed by atoms with Gasteiger partial charge in [-0.1, -0.05) is 31.4 Å². The van der Waals surface area contributed by atoms with Gasteiger partial charge in [-0.3, -0.25) is 0 Å². The topological polar surface area (TPSA) is 0 Å². The van der Waals surface area contributed by atoms with Crippen molar-refractivity contribution in [3.8, 4) is 12.3 Å². The smallest absolute Gasteiger partial charge is 0.0104 e. The highest BCUT2D eigenvalue weighted by Gasteiger charge is 2.26. The van der Waals surface area contributed by atoms with Gasteiger partial charge in [-0.2, -0.15) is 0 Å². The number of allylic oxidation sites excluding steroid dienone is 4. The summed E-state index contributed by atoms with van der Waals surface area (Å²) in [5.41, 5.74) is 3.26. The van der Waals surface area contributed by atoms with E-state index >= 15 is 0 Å². The van der Waals surface area contributed by atoms with Crippen LogP contribution in [-0.4, -0.2) is 0 Å². The van der Waals surface area contributed by atoms with E-state index in [0.29, 0.717) is 5.41 Å². The second-order valence-electron chi connectivity index (χ2n) is 4.43. The number of rotatable bonds is 1. The van der Waals surface area contributed by atoms with Crippen LogP contribution in [0.25, 0.3) is 0 Å². The van der Waals surface area contributed by atoms with Crippen LogP contribution < -0.4 is 0 Å². The lowest BCUT2D eigenvalue weighted by atomic mass is 9.73. The van der Waals surface area contributed by atoms with Gasteiger partial charge in [-0.15, -0.1) is 6.42 Å². The predicted octanol–water partition coefficient (Wildman–Crippen LogP) is 3.70. The van der Waals surface area contributed by atoms with E-state index in [9.17, 15) is 0 Å². The lowest BCUT2D eigenvalue weighted by molar-refractivity contribution is 0.377. The Balaban J connectivity index is 3.00. The van der Waals surface area contributed by atoms with E-state index in [0.717, 1.165) is 0 Å². The van der Waals surface area contributed by atoms with Gasteiger partial charge in [0.25, 0.3) is 0 Å². The molecule has 0 bridgehead atoms. The largest absolute Gasteiger partial charge is 0.115 e. The fourth-order valence-corrected chi connectivity index (χ4v) is 2.14. The lowest BCUT2D eigenvalue weighted by Gasteiger charge is -2.32.